The first-order valence-corrected chi connectivity index (χ1v) is 6.84. The van der Waals surface area contributed by atoms with E-state index in [9.17, 15) is 4.79 Å². The van der Waals surface area contributed by atoms with E-state index < -0.39 is 5.54 Å². The SMILES string of the molecule is CCN(CC)C(CC)(CC)C(=O)c1nccn1C. The number of carbonyl (C=O) groups is 1. The lowest BCUT2D eigenvalue weighted by Gasteiger charge is -2.40. The smallest absolute Gasteiger partial charge is 0.218 e. The van der Waals surface area contributed by atoms with E-state index in [-0.39, 0.29) is 5.78 Å². The van der Waals surface area contributed by atoms with Gasteiger partial charge in [-0.1, -0.05) is 27.7 Å². The molecule has 0 aliphatic rings. The standard InChI is InChI=1S/C14H25N3O/c1-6-14(7-2,17(8-3)9-4)12(18)13-15-10-11-16(13)5/h10-11H,6-9H2,1-5H3. The third kappa shape index (κ3) is 2.34. The van der Waals surface area contributed by atoms with Crippen LogP contribution in [0.1, 0.15) is 51.2 Å². The van der Waals surface area contributed by atoms with Crippen LogP contribution >= 0.6 is 0 Å². The van der Waals surface area contributed by atoms with Crippen LogP contribution in [0.3, 0.4) is 0 Å². The van der Waals surface area contributed by atoms with Gasteiger partial charge in [0.1, 0.15) is 0 Å². The van der Waals surface area contributed by atoms with Crippen LogP contribution < -0.4 is 0 Å². The zero-order valence-electron chi connectivity index (χ0n) is 12.2. The summed E-state index contributed by atoms with van der Waals surface area (Å²) in [6.45, 7) is 10.2. The third-order valence-electron chi connectivity index (χ3n) is 3.99. The van der Waals surface area contributed by atoms with Gasteiger partial charge < -0.3 is 4.57 Å². The number of carbonyl (C=O) groups excluding carboxylic acids is 1. The molecular weight excluding hydrogens is 226 g/mol. The number of imidazole rings is 1. The fourth-order valence-electron chi connectivity index (χ4n) is 2.78. The molecule has 1 rings (SSSR count). The Balaban J connectivity index is 3.20. The molecule has 0 aliphatic heterocycles. The molecular formula is C14H25N3O. The maximum atomic E-state index is 12.8. The van der Waals surface area contributed by atoms with Gasteiger partial charge in [-0.25, -0.2) is 4.98 Å². The molecule has 0 atom stereocenters. The van der Waals surface area contributed by atoms with Crippen molar-refractivity contribution in [2.45, 2.75) is 46.1 Å². The summed E-state index contributed by atoms with van der Waals surface area (Å²) < 4.78 is 1.81. The number of nitrogens with zero attached hydrogens (tertiary/aromatic N) is 3. The Kier molecular flexibility index (Phi) is 5.08. The maximum Gasteiger partial charge on any atom is 0.218 e. The van der Waals surface area contributed by atoms with E-state index in [2.05, 4.69) is 37.6 Å². The average Bonchev–Trinajstić information content (AvgIpc) is 2.81. The molecule has 0 aliphatic carbocycles. The molecule has 0 fully saturated rings. The van der Waals surface area contributed by atoms with E-state index in [1.54, 1.807) is 6.20 Å². The van der Waals surface area contributed by atoms with Crippen molar-refractivity contribution in [1.82, 2.24) is 14.5 Å². The second-order valence-electron chi connectivity index (χ2n) is 4.60. The summed E-state index contributed by atoms with van der Waals surface area (Å²) in [7, 11) is 1.87. The van der Waals surface area contributed by atoms with Gasteiger partial charge in [-0.05, 0) is 25.9 Å². The van der Waals surface area contributed by atoms with Gasteiger partial charge in [0.2, 0.25) is 5.78 Å². The molecule has 1 heterocycles. The van der Waals surface area contributed by atoms with Gasteiger partial charge in [0, 0.05) is 19.4 Å². The Labute approximate surface area is 110 Å². The van der Waals surface area contributed by atoms with Gasteiger partial charge in [-0.2, -0.15) is 0 Å². The molecule has 0 saturated heterocycles. The van der Waals surface area contributed by atoms with Crippen molar-refractivity contribution >= 4 is 5.78 Å². The molecule has 4 heteroatoms. The number of aromatic nitrogens is 2. The quantitative estimate of drug-likeness (QED) is 0.699. The highest BCUT2D eigenvalue weighted by Crippen LogP contribution is 2.27. The predicted molar refractivity (Wildman–Crippen MR) is 73.8 cm³/mol. The lowest BCUT2D eigenvalue weighted by atomic mass is 9.85. The van der Waals surface area contributed by atoms with E-state index in [1.807, 2.05) is 17.8 Å². The minimum Gasteiger partial charge on any atom is -0.332 e. The monoisotopic (exact) mass is 251 g/mol. The number of rotatable bonds is 7. The average molecular weight is 251 g/mol. The summed E-state index contributed by atoms with van der Waals surface area (Å²) in [4.78, 5) is 19.3. The number of Topliss-reactive ketones (excluding diaryl/α,β-unsaturated/α-hetero) is 1. The Hall–Kier alpha value is -1.16. The largest absolute Gasteiger partial charge is 0.332 e. The van der Waals surface area contributed by atoms with Crippen molar-refractivity contribution in [3.05, 3.63) is 18.2 Å². The van der Waals surface area contributed by atoms with Crippen molar-refractivity contribution in [3.63, 3.8) is 0 Å². The number of hydrogen-bond donors (Lipinski definition) is 0. The summed E-state index contributed by atoms with van der Waals surface area (Å²) in [5, 5.41) is 0. The second kappa shape index (κ2) is 6.14. The molecule has 0 bridgehead atoms. The van der Waals surface area contributed by atoms with Crippen molar-refractivity contribution in [3.8, 4) is 0 Å². The van der Waals surface area contributed by atoms with Crippen LogP contribution in [-0.2, 0) is 7.05 Å². The van der Waals surface area contributed by atoms with Crippen molar-refractivity contribution in [2.75, 3.05) is 13.1 Å². The summed E-state index contributed by atoms with van der Waals surface area (Å²) in [6, 6.07) is 0. The predicted octanol–water partition coefficient (Wildman–Crippen LogP) is 2.50. The Morgan fingerprint density at radius 1 is 1.28 bits per heavy atom. The fourth-order valence-corrected chi connectivity index (χ4v) is 2.78. The third-order valence-corrected chi connectivity index (χ3v) is 3.99. The summed E-state index contributed by atoms with van der Waals surface area (Å²) in [5.74, 6) is 0.703. The molecule has 1 aromatic rings. The molecule has 0 aromatic carbocycles. The number of aryl methyl sites for hydroxylation is 1. The van der Waals surface area contributed by atoms with Crippen molar-refractivity contribution < 1.29 is 4.79 Å². The first-order valence-electron chi connectivity index (χ1n) is 6.84. The van der Waals surface area contributed by atoms with Crippen LogP contribution in [-0.4, -0.2) is 38.9 Å². The number of likely N-dealkylation sites (N-methyl/N-ethyl adjacent to an activating group) is 1. The molecule has 0 amide bonds. The number of ketones is 1. The lowest BCUT2D eigenvalue weighted by Crippen LogP contribution is -2.54. The van der Waals surface area contributed by atoms with Gasteiger partial charge in [0.15, 0.2) is 5.82 Å². The lowest BCUT2D eigenvalue weighted by molar-refractivity contribution is 0.0520. The highest BCUT2D eigenvalue weighted by molar-refractivity contribution is 6.00. The van der Waals surface area contributed by atoms with Gasteiger partial charge in [-0.15, -0.1) is 0 Å². The molecule has 0 N–H and O–H groups in total. The van der Waals surface area contributed by atoms with Gasteiger partial charge in [0.25, 0.3) is 0 Å². The Morgan fingerprint density at radius 3 is 2.17 bits per heavy atom. The molecule has 0 radical (unpaired) electrons. The van der Waals surface area contributed by atoms with Crippen LogP contribution in [0.5, 0.6) is 0 Å². The van der Waals surface area contributed by atoms with E-state index >= 15 is 0 Å². The summed E-state index contributed by atoms with van der Waals surface area (Å²) in [6.07, 6.45) is 5.14. The minimum absolute atomic E-state index is 0.142. The molecule has 1 aromatic heterocycles. The van der Waals surface area contributed by atoms with Crippen molar-refractivity contribution in [2.24, 2.45) is 7.05 Å². The first-order chi connectivity index (χ1) is 8.57. The summed E-state index contributed by atoms with van der Waals surface area (Å²) in [5.41, 5.74) is -0.414. The molecule has 4 nitrogen and oxygen atoms in total. The fraction of sp³-hybridized carbons (Fsp3) is 0.714. The zero-order chi connectivity index (χ0) is 13.8. The van der Waals surface area contributed by atoms with E-state index in [4.69, 9.17) is 0 Å². The molecule has 0 spiro atoms. The Bertz CT molecular complexity index is 389. The maximum absolute atomic E-state index is 12.8. The highest BCUT2D eigenvalue weighted by Gasteiger charge is 2.41. The van der Waals surface area contributed by atoms with Crippen LogP contribution in [0.4, 0.5) is 0 Å². The van der Waals surface area contributed by atoms with Crippen LogP contribution in [0.2, 0.25) is 0 Å². The second-order valence-corrected chi connectivity index (χ2v) is 4.60. The number of hydrogen-bond acceptors (Lipinski definition) is 3. The normalized spacial score (nSPS) is 12.1. The van der Waals surface area contributed by atoms with Gasteiger partial charge in [-0.3, -0.25) is 9.69 Å². The van der Waals surface area contributed by atoms with Crippen molar-refractivity contribution in [1.29, 1.82) is 0 Å². The molecule has 18 heavy (non-hydrogen) atoms. The van der Waals surface area contributed by atoms with E-state index in [1.165, 1.54) is 0 Å². The van der Waals surface area contributed by atoms with Crippen LogP contribution in [0.25, 0.3) is 0 Å². The molecule has 0 unspecified atom stereocenters. The topological polar surface area (TPSA) is 38.1 Å². The van der Waals surface area contributed by atoms with Crippen LogP contribution in [0, 0.1) is 0 Å². The van der Waals surface area contributed by atoms with Gasteiger partial charge >= 0.3 is 0 Å². The highest BCUT2D eigenvalue weighted by atomic mass is 16.1. The van der Waals surface area contributed by atoms with E-state index in [0.29, 0.717) is 5.82 Å². The van der Waals surface area contributed by atoms with Crippen LogP contribution in [0.15, 0.2) is 12.4 Å². The molecule has 0 saturated carbocycles. The Morgan fingerprint density at radius 2 is 1.83 bits per heavy atom. The summed E-state index contributed by atoms with van der Waals surface area (Å²) >= 11 is 0. The minimum atomic E-state index is -0.414. The van der Waals surface area contributed by atoms with E-state index in [0.717, 1.165) is 25.9 Å². The first kappa shape index (κ1) is 14.9. The molecule has 102 valence electrons. The van der Waals surface area contributed by atoms with Gasteiger partial charge in [0.05, 0.1) is 5.54 Å². The zero-order valence-corrected chi connectivity index (χ0v) is 12.2.